The minimum Gasteiger partial charge on any atom is -0.453 e. The van der Waals surface area contributed by atoms with Crippen LogP contribution < -0.4 is 10.6 Å². The number of halogens is 3. The highest BCUT2D eigenvalue weighted by atomic mass is 35.5. The van der Waals surface area contributed by atoms with Crippen molar-refractivity contribution in [1.82, 2.24) is 9.97 Å². The van der Waals surface area contributed by atoms with E-state index in [1.807, 2.05) is 25.1 Å². The molecule has 2 unspecified atom stereocenters. The second kappa shape index (κ2) is 12.0. The van der Waals surface area contributed by atoms with Crippen LogP contribution in [0, 0.1) is 17.6 Å². The molecule has 41 heavy (non-hydrogen) atoms. The number of anilines is 2. The lowest BCUT2D eigenvalue weighted by Crippen LogP contribution is -2.21. The van der Waals surface area contributed by atoms with E-state index in [4.69, 9.17) is 16.3 Å². The summed E-state index contributed by atoms with van der Waals surface area (Å²) in [6.07, 6.45) is 4.51. The summed E-state index contributed by atoms with van der Waals surface area (Å²) < 4.78 is 33.8. The van der Waals surface area contributed by atoms with Crippen molar-refractivity contribution in [3.63, 3.8) is 0 Å². The van der Waals surface area contributed by atoms with Gasteiger partial charge in [0.2, 0.25) is 5.91 Å². The number of methoxy groups -OCH3 is 1. The van der Waals surface area contributed by atoms with Gasteiger partial charge in [0.15, 0.2) is 5.82 Å². The predicted octanol–water partition coefficient (Wildman–Crippen LogP) is 7.81. The molecule has 5 rings (SSSR count). The summed E-state index contributed by atoms with van der Waals surface area (Å²) in [5, 5.41) is 5.47. The zero-order valence-electron chi connectivity index (χ0n) is 22.4. The van der Waals surface area contributed by atoms with Crippen LogP contribution in [0.15, 0.2) is 67.0 Å². The zero-order valence-corrected chi connectivity index (χ0v) is 23.1. The maximum atomic E-state index is 14.6. The molecule has 2 bridgehead atoms. The van der Waals surface area contributed by atoms with E-state index in [0.29, 0.717) is 36.3 Å². The number of benzene rings is 2. The summed E-state index contributed by atoms with van der Waals surface area (Å²) in [4.78, 5) is 34.1. The zero-order chi connectivity index (χ0) is 29.1. The molecule has 2 aromatic heterocycles. The fourth-order valence-corrected chi connectivity index (χ4v) is 5.12. The van der Waals surface area contributed by atoms with E-state index in [-0.39, 0.29) is 33.9 Å². The number of hydrogen-bond acceptors (Lipinski definition) is 5. The Balaban J connectivity index is 1.55. The van der Waals surface area contributed by atoms with E-state index >= 15 is 0 Å². The van der Waals surface area contributed by atoms with Gasteiger partial charge in [0, 0.05) is 52.4 Å². The van der Waals surface area contributed by atoms with Crippen LogP contribution >= 0.6 is 11.6 Å². The first-order valence-corrected chi connectivity index (χ1v) is 13.5. The molecule has 0 spiro atoms. The molecule has 2 atom stereocenters. The first-order chi connectivity index (χ1) is 19.7. The minimum absolute atomic E-state index is 0.138. The van der Waals surface area contributed by atoms with Crippen LogP contribution in [0.25, 0.3) is 22.3 Å². The third kappa shape index (κ3) is 6.05. The lowest BCUT2D eigenvalue weighted by molar-refractivity contribution is -0.119. The number of hydrogen-bond donors (Lipinski definition) is 2. The number of nitrogens with zero attached hydrogens (tertiary/aromatic N) is 2. The summed E-state index contributed by atoms with van der Waals surface area (Å²) in [7, 11) is 1.28. The Morgan fingerprint density at radius 3 is 2.61 bits per heavy atom. The number of ether oxygens (including phenoxy) is 1. The number of pyridine rings is 2. The Kier molecular flexibility index (Phi) is 8.26. The van der Waals surface area contributed by atoms with Crippen LogP contribution in [0.2, 0.25) is 5.02 Å². The average Bonchev–Trinajstić information content (AvgIpc) is 2.97. The Bertz CT molecular complexity index is 1610. The van der Waals surface area contributed by atoms with Gasteiger partial charge in [-0.25, -0.2) is 13.6 Å². The van der Waals surface area contributed by atoms with Crippen molar-refractivity contribution in [2.75, 3.05) is 17.7 Å². The van der Waals surface area contributed by atoms with Crippen LogP contribution in [-0.4, -0.2) is 29.1 Å². The molecule has 0 aliphatic carbocycles. The lowest BCUT2D eigenvalue weighted by atomic mass is 9.89. The van der Waals surface area contributed by atoms with Crippen LogP contribution in [0.5, 0.6) is 0 Å². The number of carbonyl (C=O) groups excluding carboxylic acids is 2. The first kappa shape index (κ1) is 28.2. The average molecular weight is 577 g/mol. The van der Waals surface area contributed by atoms with Crippen molar-refractivity contribution in [2.24, 2.45) is 5.92 Å². The second-order valence-corrected chi connectivity index (χ2v) is 10.3. The quantitative estimate of drug-likeness (QED) is 0.243. The van der Waals surface area contributed by atoms with Crippen molar-refractivity contribution in [1.29, 1.82) is 0 Å². The number of nitrogens with one attached hydrogen (secondary N) is 2. The highest BCUT2D eigenvalue weighted by Crippen LogP contribution is 2.37. The molecule has 4 aromatic rings. The van der Waals surface area contributed by atoms with Gasteiger partial charge < -0.3 is 10.1 Å². The van der Waals surface area contributed by atoms with E-state index in [1.54, 1.807) is 30.5 Å². The summed E-state index contributed by atoms with van der Waals surface area (Å²) in [5.74, 6) is -2.21. The fraction of sp³-hybridized carbons (Fsp3) is 0.226. The number of fused-ring (bicyclic) bond motifs is 4. The molecule has 0 fully saturated rings. The van der Waals surface area contributed by atoms with Gasteiger partial charge in [-0.05, 0) is 60.9 Å². The molecular weight excluding hydrogens is 550 g/mol. The normalized spacial score (nSPS) is 17.0. The van der Waals surface area contributed by atoms with Crippen LogP contribution in [0.4, 0.5) is 25.0 Å². The largest absolute Gasteiger partial charge is 0.453 e. The fourth-order valence-electron chi connectivity index (χ4n) is 4.97. The predicted molar refractivity (Wildman–Crippen MR) is 154 cm³/mol. The Morgan fingerprint density at radius 2 is 1.85 bits per heavy atom. The number of amides is 2. The van der Waals surface area contributed by atoms with Gasteiger partial charge in [0.1, 0.15) is 5.82 Å². The van der Waals surface area contributed by atoms with E-state index in [2.05, 4.69) is 20.6 Å². The first-order valence-electron chi connectivity index (χ1n) is 13.1. The summed E-state index contributed by atoms with van der Waals surface area (Å²) in [5.41, 5.74) is 4.08. The third-order valence-corrected chi connectivity index (χ3v) is 7.50. The Morgan fingerprint density at radius 1 is 1.02 bits per heavy atom. The van der Waals surface area contributed by atoms with Crippen molar-refractivity contribution in [2.45, 2.75) is 32.1 Å². The smallest absolute Gasteiger partial charge is 0.411 e. The summed E-state index contributed by atoms with van der Waals surface area (Å²) >= 11 is 5.89. The van der Waals surface area contributed by atoms with Crippen LogP contribution in [-0.2, 0) is 9.53 Å². The molecule has 10 heteroatoms. The van der Waals surface area contributed by atoms with Crippen molar-refractivity contribution < 1.29 is 23.1 Å². The highest BCUT2D eigenvalue weighted by Gasteiger charge is 2.23. The van der Waals surface area contributed by atoms with Gasteiger partial charge in [-0.3, -0.25) is 20.1 Å². The minimum atomic E-state index is -0.836. The number of aromatic nitrogens is 2. The molecule has 2 amide bonds. The van der Waals surface area contributed by atoms with Gasteiger partial charge in [0.05, 0.1) is 23.4 Å². The molecule has 0 saturated carbocycles. The van der Waals surface area contributed by atoms with E-state index in [9.17, 15) is 18.4 Å². The molecular formula is C31H27ClF2N4O3. The molecule has 1 aliphatic heterocycles. The maximum absolute atomic E-state index is 14.6. The highest BCUT2D eigenvalue weighted by molar-refractivity contribution is 6.31. The summed E-state index contributed by atoms with van der Waals surface area (Å²) in [6.45, 7) is 1.87. The third-order valence-electron chi connectivity index (χ3n) is 7.21. The second-order valence-electron chi connectivity index (χ2n) is 9.91. The molecule has 3 heterocycles. The number of rotatable bonds is 3. The SMILES string of the molecule is COC(=O)Nc1ccc2c(c1)NC(=O)C(C)CCCC(c1ccc(-c3c(F)ccc(Cl)c3F)cn1)c1cc-2ccn1. The standard InChI is InChI=1S/C31H27ClF2N4O3/c1-17-4-3-5-22(25-11-6-19(16-36-25)28-24(33)10-9-23(32)29(28)34)26-14-18(12-13-35-26)21-8-7-20(37-31(40)41-2)15-27(21)38-30(17)39/h6-17,22H,3-5H2,1-2H3,(H,37,40)(H,38,39). The van der Waals surface area contributed by atoms with E-state index in [0.717, 1.165) is 22.9 Å². The molecule has 2 aromatic carbocycles. The monoisotopic (exact) mass is 576 g/mol. The molecule has 0 saturated heterocycles. The van der Waals surface area contributed by atoms with E-state index in [1.165, 1.54) is 19.4 Å². The molecule has 0 radical (unpaired) electrons. The molecule has 210 valence electrons. The maximum Gasteiger partial charge on any atom is 0.411 e. The van der Waals surface area contributed by atoms with Gasteiger partial charge in [-0.15, -0.1) is 0 Å². The molecule has 1 aliphatic rings. The topological polar surface area (TPSA) is 93.2 Å². The van der Waals surface area contributed by atoms with Gasteiger partial charge >= 0.3 is 6.09 Å². The van der Waals surface area contributed by atoms with Crippen molar-refractivity contribution in [3.05, 3.63) is 95.0 Å². The van der Waals surface area contributed by atoms with Crippen LogP contribution in [0.3, 0.4) is 0 Å². The molecule has 2 N–H and O–H groups in total. The van der Waals surface area contributed by atoms with Gasteiger partial charge in [0.25, 0.3) is 0 Å². The van der Waals surface area contributed by atoms with Crippen molar-refractivity contribution >= 4 is 35.0 Å². The molecule has 7 nitrogen and oxygen atoms in total. The van der Waals surface area contributed by atoms with Crippen molar-refractivity contribution in [3.8, 4) is 22.3 Å². The lowest BCUT2D eigenvalue weighted by Gasteiger charge is -2.21. The van der Waals surface area contributed by atoms with Gasteiger partial charge in [-0.2, -0.15) is 0 Å². The summed E-state index contributed by atoms with van der Waals surface area (Å²) in [6, 6.07) is 14.7. The number of carbonyl (C=O) groups is 2. The van der Waals surface area contributed by atoms with Gasteiger partial charge in [-0.1, -0.05) is 37.1 Å². The van der Waals surface area contributed by atoms with Crippen LogP contribution in [0.1, 0.15) is 43.5 Å². The Hall–Kier alpha value is -4.37. The Labute approximate surface area is 240 Å². The van der Waals surface area contributed by atoms with E-state index < -0.39 is 17.7 Å².